The third kappa shape index (κ3) is 2.49. The summed E-state index contributed by atoms with van der Waals surface area (Å²) in [6.07, 6.45) is -2.50. The van der Waals surface area contributed by atoms with Gasteiger partial charge in [0, 0.05) is 5.56 Å². The van der Waals surface area contributed by atoms with Crippen LogP contribution in [0, 0.1) is 10.6 Å². The normalized spacial score (nSPS) is 10.9. The Morgan fingerprint density at radius 1 is 1.62 bits per heavy atom. The second-order valence-electron chi connectivity index (χ2n) is 2.57. The number of nitrogens with zero attached hydrogens (tertiary/aromatic N) is 1. The molecule has 0 atom stereocenters. The summed E-state index contributed by atoms with van der Waals surface area (Å²) in [4.78, 5) is 3.99. The number of alkyl halides is 3. The van der Waals surface area contributed by atoms with Gasteiger partial charge in [0.25, 0.3) is 6.43 Å². The third-order valence-electron chi connectivity index (χ3n) is 1.63. The van der Waals surface area contributed by atoms with E-state index < -0.39 is 6.43 Å². The number of hydrogen-bond donors (Lipinski definition) is 0. The van der Waals surface area contributed by atoms with Crippen molar-refractivity contribution in [3.05, 3.63) is 26.6 Å². The van der Waals surface area contributed by atoms with Gasteiger partial charge in [0.05, 0.1) is 11.6 Å². The van der Waals surface area contributed by atoms with Gasteiger partial charge < -0.3 is 0 Å². The van der Waals surface area contributed by atoms with Crippen molar-refractivity contribution in [1.29, 1.82) is 0 Å². The molecule has 1 heterocycles. The van der Waals surface area contributed by atoms with Crippen LogP contribution >= 0.6 is 34.2 Å². The summed E-state index contributed by atoms with van der Waals surface area (Å²) in [6, 6.07) is 1.44. The van der Waals surface area contributed by atoms with Crippen molar-refractivity contribution in [3.63, 3.8) is 0 Å². The molecule has 13 heavy (non-hydrogen) atoms. The van der Waals surface area contributed by atoms with Crippen LogP contribution in [0.3, 0.4) is 0 Å². The maximum Gasteiger partial charge on any atom is 0.265 e. The highest BCUT2D eigenvalue weighted by Gasteiger charge is 2.15. The predicted molar refractivity (Wildman–Crippen MR) is 56.2 cm³/mol. The third-order valence-corrected chi connectivity index (χ3v) is 2.97. The molecule has 0 bridgehead atoms. The SMILES string of the molecule is Cc1cc(C(F)F)c(CCl)nc1I. The van der Waals surface area contributed by atoms with Crippen molar-refractivity contribution in [2.75, 3.05) is 0 Å². The summed E-state index contributed by atoms with van der Waals surface area (Å²) >= 11 is 7.50. The number of aryl methyl sites for hydroxylation is 1. The van der Waals surface area contributed by atoms with Crippen molar-refractivity contribution in [2.45, 2.75) is 19.2 Å². The molecule has 0 saturated carbocycles. The minimum absolute atomic E-state index is 0.0238. The van der Waals surface area contributed by atoms with E-state index >= 15 is 0 Å². The first kappa shape index (κ1) is 11.1. The number of rotatable bonds is 2. The molecule has 0 fully saturated rings. The molecule has 0 spiro atoms. The maximum atomic E-state index is 12.4. The zero-order chi connectivity index (χ0) is 10.0. The van der Waals surface area contributed by atoms with Crippen LogP contribution in [0.15, 0.2) is 6.07 Å². The van der Waals surface area contributed by atoms with E-state index in [1.807, 2.05) is 22.6 Å². The van der Waals surface area contributed by atoms with Gasteiger partial charge in [-0.25, -0.2) is 13.8 Å². The van der Waals surface area contributed by atoms with E-state index in [2.05, 4.69) is 4.98 Å². The molecule has 1 aromatic rings. The Hall–Kier alpha value is 0.0300. The molecule has 0 aliphatic carbocycles. The largest absolute Gasteiger partial charge is 0.265 e. The van der Waals surface area contributed by atoms with E-state index in [1.165, 1.54) is 6.07 Å². The monoisotopic (exact) mass is 317 g/mol. The molecule has 0 aliphatic heterocycles. The standard InChI is InChI=1S/C8H7ClF2IN/c1-4-2-5(7(10)11)6(3-9)13-8(4)12/h2,7H,3H2,1H3. The lowest BCUT2D eigenvalue weighted by Gasteiger charge is -2.07. The lowest BCUT2D eigenvalue weighted by Crippen LogP contribution is -2.00. The fourth-order valence-electron chi connectivity index (χ4n) is 0.943. The minimum atomic E-state index is -2.50. The summed E-state index contributed by atoms with van der Waals surface area (Å²) in [6.45, 7) is 1.75. The van der Waals surface area contributed by atoms with Crippen LogP contribution < -0.4 is 0 Å². The number of aromatic nitrogens is 1. The summed E-state index contributed by atoms with van der Waals surface area (Å²) in [5, 5.41) is 0. The summed E-state index contributed by atoms with van der Waals surface area (Å²) < 4.78 is 25.6. The molecule has 5 heteroatoms. The van der Waals surface area contributed by atoms with Crippen molar-refractivity contribution >= 4 is 34.2 Å². The quantitative estimate of drug-likeness (QED) is 0.461. The van der Waals surface area contributed by atoms with E-state index in [9.17, 15) is 8.78 Å². The molecule has 1 nitrogen and oxygen atoms in total. The van der Waals surface area contributed by atoms with Crippen molar-refractivity contribution < 1.29 is 8.78 Å². The van der Waals surface area contributed by atoms with Gasteiger partial charge in [-0.3, -0.25) is 0 Å². The molecule has 0 N–H and O–H groups in total. The summed E-state index contributed by atoms with van der Waals surface area (Å²) in [7, 11) is 0. The molecule has 0 aromatic carbocycles. The van der Waals surface area contributed by atoms with Crippen LogP contribution in [0.5, 0.6) is 0 Å². The number of halogens is 4. The second kappa shape index (κ2) is 4.50. The van der Waals surface area contributed by atoms with Gasteiger partial charge in [0.1, 0.15) is 3.70 Å². The smallest absolute Gasteiger partial charge is 0.245 e. The fourth-order valence-corrected chi connectivity index (χ4v) is 1.60. The van der Waals surface area contributed by atoms with Gasteiger partial charge in [0.2, 0.25) is 0 Å². The van der Waals surface area contributed by atoms with Gasteiger partial charge in [-0.15, -0.1) is 11.6 Å². The van der Waals surface area contributed by atoms with Gasteiger partial charge in [-0.05, 0) is 41.1 Å². The van der Waals surface area contributed by atoms with E-state index in [4.69, 9.17) is 11.6 Å². The van der Waals surface area contributed by atoms with Crippen LogP contribution in [-0.4, -0.2) is 4.98 Å². The summed E-state index contributed by atoms with van der Waals surface area (Å²) in [5.41, 5.74) is 0.962. The van der Waals surface area contributed by atoms with E-state index in [0.29, 0.717) is 0 Å². The van der Waals surface area contributed by atoms with Crippen LogP contribution in [-0.2, 0) is 5.88 Å². The molecule has 0 amide bonds. The summed E-state index contributed by atoms with van der Waals surface area (Å²) in [5.74, 6) is 0.0238. The average Bonchev–Trinajstić information content (AvgIpc) is 2.08. The Kier molecular flexibility index (Phi) is 3.85. The van der Waals surface area contributed by atoms with Crippen molar-refractivity contribution in [3.8, 4) is 0 Å². The van der Waals surface area contributed by atoms with Crippen LogP contribution in [0.2, 0.25) is 0 Å². The van der Waals surface area contributed by atoms with Crippen molar-refractivity contribution in [2.24, 2.45) is 0 Å². The highest BCUT2D eigenvalue weighted by atomic mass is 127. The first-order valence-electron chi connectivity index (χ1n) is 3.56. The highest BCUT2D eigenvalue weighted by molar-refractivity contribution is 14.1. The van der Waals surface area contributed by atoms with Crippen LogP contribution in [0.25, 0.3) is 0 Å². The number of hydrogen-bond acceptors (Lipinski definition) is 1. The van der Waals surface area contributed by atoms with Gasteiger partial charge in [-0.2, -0.15) is 0 Å². The Morgan fingerprint density at radius 2 is 2.23 bits per heavy atom. The Labute approximate surface area is 93.6 Å². The molecule has 0 aliphatic rings. The molecule has 0 saturated heterocycles. The van der Waals surface area contributed by atoms with E-state index in [-0.39, 0.29) is 17.1 Å². The van der Waals surface area contributed by atoms with Gasteiger partial charge >= 0.3 is 0 Å². The maximum absolute atomic E-state index is 12.4. The number of pyridine rings is 1. The molecule has 0 radical (unpaired) electrons. The predicted octanol–water partition coefficient (Wildman–Crippen LogP) is 3.67. The first-order chi connectivity index (χ1) is 6.06. The second-order valence-corrected chi connectivity index (χ2v) is 3.86. The topological polar surface area (TPSA) is 12.9 Å². The van der Waals surface area contributed by atoms with Gasteiger partial charge in [0.15, 0.2) is 0 Å². The van der Waals surface area contributed by atoms with Crippen molar-refractivity contribution in [1.82, 2.24) is 4.98 Å². The molecule has 1 rings (SSSR count). The molecule has 72 valence electrons. The first-order valence-corrected chi connectivity index (χ1v) is 5.17. The lowest BCUT2D eigenvalue weighted by atomic mass is 10.1. The zero-order valence-corrected chi connectivity index (χ0v) is 9.73. The van der Waals surface area contributed by atoms with Gasteiger partial charge in [-0.1, -0.05) is 0 Å². The zero-order valence-electron chi connectivity index (χ0n) is 6.82. The molecule has 1 aromatic heterocycles. The molecule has 0 unspecified atom stereocenters. The Bertz CT molecular complexity index is 317. The fraction of sp³-hybridized carbons (Fsp3) is 0.375. The Balaban J connectivity index is 3.25. The highest BCUT2D eigenvalue weighted by Crippen LogP contribution is 2.25. The van der Waals surface area contributed by atoms with Crippen LogP contribution in [0.1, 0.15) is 23.2 Å². The average molecular weight is 318 g/mol. The molecular weight excluding hydrogens is 310 g/mol. The molecular formula is C8H7ClF2IN. The lowest BCUT2D eigenvalue weighted by molar-refractivity contribution is 0.150. The Morgan fingerprint density at radius 3 is 2.69 bits per heavy atom. The van der Waals surface area contributed by atoms with Crippen LogP contribution in [0.4, 0.5) is 8.78 Å². The minimum Gasteiger partial charge on any atom is -0.245 e. The van der Waals surface area contributed by atoms with E-state index in [0.717, 1.165) is 9.26 Å². The van der Waals surface area contributed by atoms with E-state index in [1.54, 1.807) is 6.92 Å².